The van der Waals surface area contributed by atoms with Gasteiger partial charge in [0, 0.05) is 6.54 Å². The molecule has 1 aliphatic heterocycles. The highest BCUT2D eigenvalue weighted by atomic mass is 35.5. The van der Waals surface area contributed by atoms with E-state index in [1.165, 1.54) is 17.1 Å². The Labute approximate surface area is 221 Å². The Hall–Kier alpha value is -2.74. The minimum Gasteiger partial charge on any atom is -0.508 e. The van der Waals surface area contributed by atoms with Crippen LogP contribution in [0.1, 0.15) is 35.1 Å². The molecule has 3 aromatic rings. The summed E-state index contributed by atoms with van der Waals surface area (Å²) in [6.45, 7) is 9.55. The zero-order valence-electron chi connectivity index (χ0n) is 21.1. The van der Waals surface area contributed by atoms with E-state index < -0.39 is 10.0 Å². The molecule has 8 heteroatoms. The lowest BCUT2D eigenvalue weighted by Gasteiger charge is -2.27. The van der Waals surface area contributed by atoms with Crippen molar-refractivity contribution in [1.82, 2.24) is 4.90 Å². The van der Waals surface area contributed by atoms with Gasteiger partial charge in [0.05, 0.1) is 17.1 Å². The lowest BCUT2D eigenvalue weighted by atomic mass is 10.1. The molecule has 4 rings (SSSR count). The highest BCUT2D eigenvalue weighted by Crippen LogP contribution is 2.32. The van der Waals surface area contributed by atoms with E-state index in [9.17, 15) is 13.5 Å². The van der Waals surface area contributed by atoms with Crippen LogP contribution in [-0.2, 0) is 16.6 Å². The average molecular weight is 531 g/mol. The molecule has 0 spiro atoms. The van der Waals surface area contributed by atoms with Crippen molar-refractivity contribution in [1.29, 1.82) is 0 Å². The van der Waals surface area contributed by atoms with Crippen LogP contribution in [0.25, 0.3) is 0 Å². The molecule has 0 saturated carbocycles. The summed E-state index contributed by atoms with van der Waals surface area (Å²) < 4.78 is 35.3. The van der Waals surface area contributed by atoms with E-state index in [-0.39, 0.29) is 24.7 Å². The molecule has 36 heavy (non-hydrogen) atoms. The number of nitrogens with zero attached hydrogens (tertiary/aromatic N) is 2. The minimum absolute atomic E-state index is 0. The maximum absolute atomic E-state index is 14.0. The van der Waals surface area contributed by atoms with Gasteiger partial charge in [-0.05, 0) is 99.8 Å². The third kappa shape index (κ3) is 6.52. The standard InChI is InChI=1S/C28H34N2O4S.ClH/c1-21-18-22(2)28(23(3)19-21)35(32,33)30(20-24-6-10-26(31)11-7-24)25-8-12-27(13-9-25)34-17-16-29-14-4-5-15-29;/h6-13,18-19,31H,4-5,14-17,20H2,1-3H3;1H. The number of ether oxygens (including phenoxy) is 1. The molecule has 6 nitrogen and oxygen atoms in total. The average Bonchev–Trinajstić information content (AvgIpc) is 3.32. The maximum atomic E-state index is 14.0. The van der Waals surface area contributed by atoms with Crippen LogP contribution in [0.15, 0.2) is 65.6 Å². The fourth-order valence-electron chi connectivity index (χ4n) is 4.77. The molecular weight excluding hydrogens is 496 g/mol. The summed E-state index contributed by atoms with van der Waals surface area (Å²) >= 11 is 0. The predicted molar refractivity (Wildman–Crippen MR) is 147 cm³/mol. The third-order valence-electron chi connectivity index (χ3n) is 6.41. The fraction of sp³-hybridized carbons (Fsp3) is 0.357. The summed E-state index contributed by atoms with van der Waals surface area (Å²) in [4.78, 5) is 2.72. The lowest BCUT2D eigenvalue weighted by molar-refractivity contribution is 0.238. The van der Waals surface area contributed by atoms with Crippen molar-refractivity contribution in [3.63, 3.8) is 0 Å². The van der Waals surface area contributed by atoms with E-state index >= 15 is 0 Å². The molecule has 0 atom stereocenters. The van der Waals surface area contributed by atoms with Crippen molar-refractivity contribution in [3.8, 4) is 11.5 Å². The number of hydrogen-bond acceptors (Lipinski definition) is 5. The van der Waals surface area contributed by atoms with Gasteiger partial charge in [0.15, 0.2) is 0 Å². The van der Waals surface area contributed by atoms with Gasteiger partial charge in [-0.25, -0.2) is 8.42 Å². The van der Waals surface area contributed by atoms with E-state index in [0.717, 1.165) is 47.6 Å². The highest BCUT2D eigenvalue weighted by Gasteiger charge is 2.29. The summed E-state index contributed by atoms with van der Waals surface area (Å²) in [5.41, 5.74) is 3.81. The number of phenolic OH excluding ortho intramolecular Hbond substituents is 1. The molecule has 0 aromatic heterocycles. The number of aromatic hydroxyl groups is 1. The quantitative estimate of drug-likeness (QED) is 0.389. The molecular formula is C28H35ClN2O4S. The first-order valence-electron chi connectivity index (χ1n) is 12.1. The van der Waals surface area contributed by atoms with Gasteiger partial charge in [-0.2, -0.15) is 0 Å². The Bertz CT molecular complexity index is 1230. The Morgan fingerprint density at radius 3 is 2.08 bits per heavy atom. The van der Waals surface area contributed by atoms with Crippen molar-refractivity contribution in [2.75, 3.05) is 30.5 Å². The SMILES string of the molecule is Cc1cc(C)c(S(=O)(=O)N(Cc2ccc(O)cc2)c2ccc(OCCN3CCCC3)cc2)c(C)c1.Cl. The first-order valence-corrected chi connectivity index (χ1v) is 13.5. The first kappa shape index (κ1) is 27.8. The van der Waals surface area contributed by atoms with Crippen molar-refractivity contribution in [2.45, 2.75) is 45.1 Å². The zero-order valence-corrected chi connectivity index (χ0v) is 22.7. The summed E-state index contributed by atoms with van der Waals surface area (Å²) in [5.74, 6) is 0.862. The Morgan fingerprint density at radius 1 is 0.917 bits per heavy atom. The number of benzene rings is 3. The highest BCUT2D eigenvalue weighted by molar-refractivity contribution is 7.92. The number of anilines is 1. The monoisotopic (exact) mass is 530 g/mol. The Kier molecular flexibility index (Phi) is 9.28. The van der Waals surface area contributed by atoms with Gasteiger partial charge < -0.3 is 9.84 Å². The first-order chi connectivity index (χ1) is 16.7. The summed E-state index contributed by atoms with van der Waals surface area (Å²) in [7, 11) is -3.86. The van der Waals surface area contributed by atoms with Gasteiger partial charge in [-0.1, -0.05) is 29.8 Å². The number of hydrogen-bond donors (Lipinski definition) is 1. The lowest BCUT2D eigenvalue weighted by Crippen LogP contribution is -2.31. The maximum Gasteiger partial charge on any atom is 0.265 e. The van der Waals surface area contributed by atoms with Crippen molar-refractivity contribution in [3.05, 3.63) is 82.9 Å². The molecule has 1 fully saturated rings. The van der Waals surface area contributed by atoms with Gasteiger partial charge in [0.2, 0.25) is 0 Å². The number of likely N-dealkylation sites (tertiary alicyclic amines) is 1. The largest absolute Gasteiger partial charge is 0.508 e. The molecule has 0 amide bonds. The second-order valence-electron chi connectivity index (χ2n) is 9.30. The van der Waals surface area contributed by atoms with Crippen molar-refractivity contribution in [2.24, 2.45) is 0 Å². The van der Waals surface area contributed by atoms with E-state index in [0.29, 0.717) is 17.2 Å². The summed E-state index contributed by atoms with van der Waals surface area (Å²) in [6.07, 6.45) is 2.50. The second-order valence-corrected chi connectivity index (χ2v) is 11.1. The molecule has 0 radical (unpaired) electrons. The van der Waals surface area contributed by atoms with Crippen LogP contribution in [0.3, 0.4) is 0 Å². The van der Waals surface area contributed by atoms with E-state index in [2.05, 4.69) is 4.90 Å². The molecule has 0 aliphatic carbocycles. The minimum atomic E-state index is -3.86. The molecule has 194 valence electrons. The number of aryl methyl sites for hydroxylation is 3. The second kappa shape index (κ2) is 12.0. The fourth-order valence-corrected chi connectivity index (χ4v) is 6.64. The van der Waals surface area contributed by atoms with Crippen LogP contribution >= 0.6 is 12.4 Å². The van der Waals surface area contributed by atoms with Crippen LogP contribution in [0.2, 0.25) is 0 Å². The van der Waals surface area contributed by atoms with Crippen LogP contribution in [-0.4, -0.2) is 44.7 Å². The molecule has 1 N–H and O–H groups in total. The van der Waals surface area contributed by atoms with Gasteiger partial charge in [0.1, 0.15) is 18.1 Å². The number of halogens is 1. The van der Waals surface area contributed by atoms with Gasteiger partial charge in [-0.15, -0.1) is 12.4 Å². The van der Waals surface area contributed by atoms with E-state index in [1.54, 1.807) is 36.4 Å². The topological polar surface area (TPSA) is 70.1 Å². The number of phenols is 1. The molecule has 0 bridgehead atoms. The molecule has 3 aromatic carbocycles. The molecule has 1 aliphatic rings. The van der Waals surface area contributed by atoms with Gasteiger partial charge in [0.25, 0.3) is 10.0 Å². The third-order valence-corrected chi connectivity index (χ3v) is 8.49. The number of rotatable bonds is 9. The van der Waals surface area contributed by atoms with Crippen LogP contribution in [0.4, 0.5) is 5.69 Å². The van der Waals surface area contributed by atoms with E-state index in [4.69, 9.17) is 4.74 Å². The van der Waals surface area contributed by atoms with Crippen LogP contribution < -0.4 is 9.04 Å². The Balaban J connectivity index is 0.00000361. The van der Waals surface area contributed by atoms with E-state index in [1.807, 2.05) is 45.0 Å². The van der Waals surface area contributed by atoms with Gasteiger partial charge >= 0.3 is 0 Å². The predicted octanol–water partition coefficient (Wildman–Crippen LogP) is 5.61. The zero-order chi connectivity index (χ0) is 25.0. The normalized spacial score (nSPS) is 13.9. The van der Waals surface area contributed by atoms with Crippen LogP contribution in [0, 0.1) is 20.8 Å². The molecule has 0 unspecified atom stereocenters. The smallest absolute Gasteiger partial charge is 0.265 e. The van der Waals surface area contributed by atoms with Crippen molar-refractivity contribution >= 4 is 28.1 Å². The van der Waals surface area contributed by atoms with Crippen molar-refractivity contribution < 1.29 is 18.3 Å². The van der Waals surface area contributed by atoms with Gasteiger partial charge in [-0.3, -0.25) is 9.21 Å². The summed E-state index contributed by atoms with van der Waals surface area (Å²) in [5, 5.41) is 9.67. The molecule has 1 saturated heterocycles. The van der Waals surface area contributed by atoms with Crippen LogP contribution in [0.5, 0.6) is 11.5 Å². The number of sulfonamides is 1. The molecule has 1 heterocycles. The summed E-state index contributed by atoms with van der Waals surface area (Å²) in [6, 6.07) is 17.7. The Morgan fingerprint density at radius 2 is 1.50 bits per heavy atom.